The molecule has 23 heavy (non-hydrogen) atoms. The zero-order valence-corrected chi connectivity index (χ0v) is 12.3. The lowest BCUT2D eigenvalue weighted by Gasteiger charge is -2.19. The smallest absolute Gasteiger partial charge is 0.268 e. The minimum atomic E-state index is -0.323. The van der Waals surface area contributed by atoms with E-state index < -0.39 is 0 Å². The summed E-state index contributed by atoms with van der Waals surface area (Å²) in [6.45, 7) is 0.548. The topological polar surface area (TPSA) is 79.8 Å². The van der Waals surface area contributed by atoms with Gasteiger partial charge in [-0.2, -0.15) is 0 Å². The number of amides is 1. The van der Waals surface area contributed by atoms with Crippen molar-refractivity contribution in [1.29, 1.82) is 0 Å². The zero-order valence-electron chi connectivity index (χ0n) is 12.3. The van der Waals surface area contributed by atoms with Gasteiger partial charge in [-0.05, 0) is 11.6 Å². The Hall–Kier alpha value is -3.15. The van der Waals surface area contributed by atoms with Gasteiger partial charge in [0.1, 0.15) is 5.69 Å². The second-order valence-corrected chi connectivity index (χ2v) is 5.12. The van der Waals surface area contributed by atoms with Gasteiger partial charge in [-0.1, -0.05) is 36.4 Å². The molecular formula is C17H16N4O2. The number of hydrogen-bond donors (Lipinski definition) is 2. The van der Waals surface area contributed by atoms with Crippen molar-refractivity contribution in [3.8, 4) is 0 Å². The van der Waals surface area contributed by atoms with E-state index in [4.69, 9.17) is 0 Å². The largest absolute Gasteiger partial charge is 0.342 e. The Kier molecular flexibility index (Phi) is 4.33. The summed E-state index contributed by atoms with van der Waals surface area (Å²) in [5.41, 5.74) is 0.917. The van der Waals surface area contributed by atoms with Gasteiger partial charge in [0.25, 0.3) is 5.91 Å². The highest BCUT2D eigenvalue weighted by Gasteiger charge is 2.16. The van der Waals surface area contributed by atoms with Crippen LogP contribution in [0.3, 0.4) is 0 Å². The average Bonchev–Trinajstić information content (AvgIpc) is 3.08. The number of rotatable bonds is 5. The van der Waals surface area contributed by atoms with Gasteiger partial charge in [0, 0.05) is 25.0 Å². The number of nitrogens with zero attached hydrogens (tertiary/aromatic N) is 2. The molecule has 2 N–H and O–H groups in total. The number of carbonyl (C=O) groups is 1. The number of benzene rings is 1. The summed E-state index contributed by atoms with van der Waals surface area (Å²) in [7, 11) is 0. The molecule has 0 unspecified atom stereocenters. The minimum Gasteiger partial charge on any atom is -0.342 e. The van der Waals surface area contributed by atoms with Crippen LogP contribution in [0.25, 0.3) is 0 Å². The molecule has 2 aromatic heterocycles. The van der Waals surface area contributed by atoms with E-state index in [0.717, 1.165) is 5.56 Å². The number of carbonyl (C=O) groups excluding carboxylic acids is 1. The maximum absolute atomic E-state index is 12.4. The van der Waals surface area contributed by atoms with Gasteiger partial charge in [-0.3, -0.25) is 9.59 Å². The SMILES string of the molecule is O=C(N[C@H](Cn1ccnc1)c1ccccc1)c1cccc(=O)[nH]1. The van der Waals surface area contributed by atoms with Crippen molar-refractivity contribution in [2.24, 2.45) is 0 Å². The van der Waals surface area contributed by atoms with Gasteiger partial charge in [0.2, 0.25) is 5.56 Å². The van der Waals surface area contributed by atoms with E-state index >= 15 is 0 Å². The van der Waals surface area contributed by atoms with E-state index in [9.17, 15) is 9.59 Å². The van der Waals surface area contributed by atoms with Crippen molar-refractivity contribution in [3.05, 3.63) is 88.9 Å². The summed E-state index contributed by atoms with van der Waals surface area (Å²) in [5, 5.41) is 2.96. The van der Waals surface area contributed by atoms with Crippen LogP contribution in [0.2, 0.25) is 0 Å². The zero-order chi connectivity index (χ0) is 16.1. The van der Waals surface area contributed by atoms with Crippen LogP contribution in [-0.4, -0.2) is 20.4 Å². The monoisotopic (exact) mass is 308 g/mol. The van der Waals surface area contributed by atoms with E-state index in [-0.39, 0.29) is 23.2 Å². The predicted molar refractivity (Wildman–Crippen MR) is 85.9 cm³/mol. The molecule has 3 aromatic rings. The second kappa shape index (κ2) is 6.74. The van der Waals surface area contributed by atoms with Crippen LogP contribution >= 0.6 is 0 Å². The lowest BCUT2D eigenvalue weighted by atomic mass is 10.1. The average molecular weight is 308 g/mol. The van der Waals surface area contributed by atoms with Crippen molar-refractivity contribution in [2.75, 3.05) is 0 Å². The number of pyridine rings is 1. The molecular weight excluding hydrogens is 292 g/mol. The van der Waals surface area contributed by atoms with Gasteiger partial charge in [-0.15, -0.1) is 0 Å². The molecule has 0 aliphatic carbocycles. The van der Waals surface area contributed by atoms with Gasteiger partial charge >= 0.3 is 0 Å². The molecule has 0 bridgehead atoms. The van der Waals surface area contributed by atoms with E-state index in [1.807, 2.05) is 41.1 Å². The molecule has 1 atom stereocenters. The van der Waals surface area contributed by atoms with Crippen LogP contribution in [-0.2, 0) is 6.54 Å². The summed E-state index contributed by atoms with van der Waals surface area (Å²) in [4.78, 5) is 30.3. The summed E-state index contributed by atoms with van der Waals surface area (Å²) in [6, 6.07) is 14.0. The number of aromatic nitrogens is 3. The first-order valence-electron chi connectivity index (χ1n) is 7.23. The third kappa shape index (κ3) is 3.74. The van der Waals surface area contributed by atoms with Crippen LogP contribution < -0.4 is 10.9 Å². The summed E-state index contributed by atoms with van der Waals surface area (Å²) >= 11 is 0. The highest BCUT2D eigenvalue weighted by atomic mass is 16.2. The maximum atomic E-state index is 12.4. The molecule has 1 aromatic carbocycles. The molecule has 0 saturated carbocycles. The standard InChI is InChI=1S/C17H16N4O2/c22-16-8-4-7-14(19-16)17(23)20-15(11-21-10-9-18-12-21)13-5-2-1-3-6-13/h1-10,12,15H,11H2,(H,19,22)(H,20,23)/t15-/m1/s1. The van der Waals surface area contributed by atoms with Gasteiger partial charge in [-0.25, -0.2) is 4.98 Å². The van der Waals surface area contributed by atoms with Crippen molar-refractivity contribution >= 4 is 5.91 Å². The molecule has 116 valence electrons. The Morgan fingerprint density at radius 2 is 2.00 bits per heavy atom. The second-order valence-electron chi connectivity index (χ2n) is 5.12. The van der Waals surface area contributed by atoms with Gasteiger partial charge in [0.15, 0.2) is 0 Å². The van der Waals surface area contributed by atoms with E-state index in [1.54, 1.807) is 24.7 Å². The molecule has 0 saturated heterocycles. The predicted octanol–water partition coefficient (Wildman–Crippen LogP) is 1.74. The molecule has 2 heterocycles. The first kappa shape index (κ1) is 14.8. The van der Waals surface area contributed by atoms with Crippen LogP contribution in [0.5, 0.6) is 0 Å². The molecule has 1 amide bonds. The first-order valence-corrected chi connectivity index (χ1v) is 7.23. The van der Waals surface area contributed by atoms with Crippen LogP contribution in [0.15, 0.2) is 72.0 Å². The molecule has 6 heteroatoms. The molecule has 6 nitrogen and oxygen atoms in total. The Bertz CT molecular complexity index is 825. The fraction of sp³-hybridized carbons (Fsp3) is 0.118. The summed E-state index contributed by atoms with van der Waals surface area (Å²) in [5.74, 6) is -0.323. The van der Waals surface area contributed by atoms with Crippen molar-refractivity contribution in [3.63, 3.8) is 0 Å². The van der Waals surface area contributed by atoms with Crippen molar-refractivity contribution in [2.45, 2.75) is 12.6 Å². The molecule has 3 rings (SSSR count). The normalized spacial score (nSPS) is 11.8. The molecule has 0 aliphatic rings. The number of imidazole rings is 1. The number of H-pyrrole nitrogens is 1. The van der Waals surface area contributed by atoms with Gasteiger partial charge in [0.05, 0.1) is 12.4 Å². The third-order valence-electron chi connectivity index (χ3n) is 3.47. The number of nitrogens with one attached hydrogen (secondary N) is 2. The number of aromatic amines is 1. The lowest BCUT2D eigenvalue weighted by Crippen LogP contribution is -2.32. The fourth-order valence-electron chi connectivity index (χ4n) is 2.34. The van der Waals surface area contributed by atoms with Crippen LogP contribution in [0.4, 0.5) is 0 Å². The highest BCUT2D eigenvalue weighted by molar-refractivity contribution is 5.92. The molecule has 0 spiro atoms. The van der Waals surface area contributed by atoms with E-state index in [0.29, 0.717) is 6.54 Å². The van der Waals surface area contributed by atoms with Crippen LogP contribution in [0, 0.1) is 0 Å². The summed E-state index contributed by atoms with van der Waals surface area (Å²) < 4.78 is 1.89. The molecule has 0 fully saturated rings. The molecule has 0 radical (unpaired) electrons. The highest BCUT2D eigenvalue weighted by Crippen LogP contribution is 2.15. The lowest BCUT2D eigenvalue weighted by molar-refractivity contribution is 0.0927. The molecule has 0 aliphatic heterocycles. The van der Waals surface area contributed by atoms with E-state index in [1.165, 1.54) is 6.07 Å². The quantitative estimate of drug-likeness (QED) is 0.753. The van der Waals surface area contributed by atoms with Crippen molar-refractivity contribution in [1.82, 2.24) is 19.9 Å². The van der Waals surface area contributed by atoms with Gasteiger partial charge < -0.3 is 14.9 Å². The number of hydrogen-bond acceptors (Lipinski definition) is 3. The minimum absolute atomic E-state index is 0.235. The van der Waals surface area contributed by atoms with Crippen molar-refractivity contribution < 1.29 is 4.79 Å². The summed E-state index contributed by atoms with van der Waals surface area (Å²) in [6.07, 6.45) is 5.23. The Balaban J connectivity index is 1.83. The van der Waals surface area contributed by atoms with Crippen LogP contribution in [0.1, 0.15) is 22.1 Å². The maximum Gasteiger partial charge on any atom is 0.268 e. The fourth-order valence-corrected chi connectivity index (χ4v) is 2.34. The first-order chi connectivity index (χ1) is 11.2. The Morgan fingerprint density at radius 1 is 1.17 bits per heavy atom. The Labute approximate surface area is 132 Å². The third-order valence-corrected chi connectivity index (χ3v) is 3.47. The Morgan fingerprint density at radius 3 is 2.70 bits per heavy atom. The van der Waals surface area contributed by atoms with E-state index in [2.05, 4.69) is 15.3 Å².